The van der Waals surface area contributed by atoms with Gasteiger partial charge in [-0.2, -0.15) is 0 Å². The number of carbonyl (C=O) groups excluding carboxylic acids is 8. The van der Waals surface area contributed by atoms with Gasteiger partial charge in [0.2, 0.25) is 0 Å². The highest BCUT2D eigenvalue weighted by Crippen LogP contribution is 2.44. The van der Waals surface area contributed by atoms with E-state index < -0.39 is 94.6 Å². The van der Waals surface area contributed by atoms with Gasteiger partial charge in [0.15, 0.2) is 12.6 Å². The van der Waals surface area contributed by atoms with Crippen molar-refractivity contribution in [2.24, 2.45) is 21.7 Å². The third kappa shape index (κ3) is 16.1. The topological polar surface area (TPSA) is 282 Å². The van der Waals surface area contributed by atoms with Gasteiger partial charge in [0.1, 0.15) is 45.5 Å². The minimum absolute atomic E-state index is 0.0173. The highest BCUT2D eigenvalue weighted by Gasteiger charge is 2.53. The van der Waals surface area contributed by atoms with Crippen LogP contribution >= 0.6 is 0 Å². The molecule has 0 aliphatic heterocycles. The van der Waals surface area contributed by atoms with Gasteiger partial charge in [-0.15, -0.1) is 0 Å². The fraction of sp³-hybridized carbons (Fsp3) is 0.795. The van der Waals surface area contributed by atoms with Crippen molar-refractivity contribution in [3.63, 3.8) is 0 Å². The van der Waals surface area contributed by atoms with Crippen LogP contribution in [0.4, 0.5) is 0 Å². The van der Waals surface area contributed by atoms with Gasteiger partial charge in [0, 0.05) is 12.4 Å². The molecule has 0 radical (unpaired) electrons. The molecule has 0 aromatic heterocycles. The Morgan fingerprint density at radius 2 is 1.09 bits per heavy atom. The molecule has 0 aliphatic carbocycles. The molecule has 3 unspecified atom stereocenters. The van der Waals surface area contributed by atoms with E-state index in [-0.39, 0.29) is 74.0 Å². The van der Waals surface area contributed by atoms with Crippen LogP contribution < -0.4 is 26.4 Å². The maximum Gasteiger partial charge on any atom is 0.313 e. The Morgan fingerprint density at radius 1 is 0.621 bits per heavy atom. The number of carboxylic acid groups (broad SMARTS) is 3. The number of amides is 1. The van der Waals surface area contributed by atoms with Crippen LogP contribution in [0, 0.1) is 21.7 Å². The zero-order valence-corrected chi connectivity index (χ0v) is 36.6. The van der Waals surface area contributed by atoms with Gasteiger partial charge in [-0.25, -0.2) is 0 Å². The van der Waals surface area contributed by atoms with Crippen molar-refractivity contribution in [3.8, 4) is 0 Å². The van der Waals surface area contributed by atoms with Crippen LogP contribution in [-0.4, -0.2) is 150 Å². The van der Waals surface area contributed by atoms with Crippen molar-refractivity contribution < 1.29 is 87.3 Å². The van der Waals surface area contributed by atoms with E-state index in [1.54, 1.807) is 62.8 Å². The number of ether oxygens (including phenoxy) is 4. The molecule has 0 heterocycles. The molecule has 1 amide bonds. The molecule has 0 aliphatic rings. The summed E-state index contributed by atoms with van der Waals surface area (Å²) in [5, 5.41) is 36.0. The van der Waals surface area contributed by atoms with E-state index in [0.29, 0.717) is 6.42 Å². The number of quaternary nitrogens is 3. The molecule has 0 spiro atoms. The summed E-state index contributed by atoms with van der Waals surface area (Å²) in [6.45, 7) is 11.7. The van der Waals surface area contributed by atoms with Crippen LogP contribution in [0.25, 0.3) is 0 Å². The third-order valence-electron chi connectivity index (χ3n) is 11.5. The number of aliphatic carboxylic acids is 3. The van der Waals surface area contributed by atoms with Gasteiger partial charge < -0.3 is 68.7 Å². The predicted molar refractivity (Wildman–Crippen MR) is 199 cm³/mol. The van der Waals surface area contributed by atoms with Gasteiger partial charge in [0.25, 0.3) is 5.91 Å². The smallest absolute Gasteiger partial charge is 0.313 e. The molecule has 0 saturated heterocycles. The summed E-state index contributed by atoms with van der Waals surface area (Å²) in [6.07, 6.45) is 0.458. The summed E-state index contributed by atoms with van der Waals surface area (Å²) < 4.78 is 22.0. The Kier molecular flexibility index (Phi) is 20.5. The largest absolute Gasteiger partial charge is 0.550 e. The molecule has 0 bridgehead atoms. The van der Waals surface area contributed by atoms with Crippen LogP contribution in [0.15, 0.2) is 0 Å². The minimum atomic E-state index is -1.84. The zero-order valence-electron chi connectivity index (χ0n) is 36.6. The third-order valence-corrected chi connectivity index (χ3v) is 11.5. The molecule has 0 rings (SSSR count). The van der Waals surface area contributed by atoms with Crippen LogP contribution in [0.2, 0.25) is 0 Å². The first-order valence-corrected chi connectivity index (χ1v) is 19.5. The number of hydrogen-bond acceptors (Lipinski definition) is 15. The number of esters is 4. The van der Waals surface area contributed by atoms with Crippen molar-refractivity contribution in [3.05, 3.63) is 0 Å². The Labute approximate surface area is 342 Å². The zero-order chi connectivity index (χ0) is 45.5. The number of hydrogen-bond donors (Lipinski definition) is 2. The van der Waals surface area contributed by atoms with Gasteiger partial charge in [-0.05, 0) is 60.3 Å². The Balaban J connectivity index is 5.51. The summed E-state index contributed by atoms with van der Waals surface area (Å²) >= 11 is 0. The van der Waals surface area contributed by atoms with Crippen LogP contribution in [-0.2, 0) is 57.3 Å². The van der Waals surface area contributed by atoms with Gasteiger partial charge in [-0.1, -0.05) is 20.8 Å². The van der Waals surface area contributed by atoms with E-state index in [0.717, 1.165) is 0 Å². The van der Waals surface area contributed by atoms with Crippen molar-refractivity contribution in [1.82, 2.24) is 5.32 Å². The van der Waals surface area contributed by atoms with Crippen LogP contribution in [0.1, 0.15) is 87.5 Å². The molecule has 5 atom stereocenters. The second-order valence-corrected chi connectivity index (χ2v) is 17.6. The standard InChI is InChI=1S/C39H68N4O15/c1-13-37(6,33(52)56-21-19-43(11,12)22-29(46)47)25-38(7,14-2)34(53)57-23-26(40)30(48)41-27(31(49)50)24-58-35(54)39(8,15-3)36(4,5)32(51)55-20-18-42(9,10)17-16-28(44)45/h26-27H,13-25,40H2,1-12H3,(H2-2,41,44,45,46,47,48,49,50)/t26-,27-,37?,38?,39?/m0/s1. The number of likely N-dealkylation sites (N-methyl/N-ethyl adjacent to an activating group) is 2. The summed E-state index contributed by atoms with van der Waals surface area (Å²) in [4.78, 5) is 100. The Bertz CT molecular complexity index is 1480. The molecule has 0 aromatic carbocycles. The SMILES string of the molecule is CCC(C)(CC(C)(CC)C(=O)OC[C@H]([NH3+])C(=O)N[C@@H](COC(=O)C(C)(CC)C(C)(C)C(=O)OCC[N+](C)(C)CCC(=O)[O-])C(=O)[O-])C(=O)OCC[N+](C)(C)CC(=O)[O-]. The molecule has 0 fully saturated rings. The maximum absolute atomic E-state index is 13.4. The summed E-state index contributed by atoms with van der Waals surface area (Å²) in [5.74, 6) is -8.18. The van der Waals surface area contributed by atoms with Crippen molar-refractivity contribution in [2.45, 2.75) is 99.6 Å². The van der Waals surface area contributed by atoms with E-state index >= 15 is 0 Å². The molecule has 58 heavy (non-hydrogen) atoms. The van der Waals surface area contributed by atoms with Crippen LogP contribution in [0.5, 0.6) is 0 Å². The predicted octanol–water partition coefficient (Wildman–Crippen LogP) is -3.29. The number of carboxylic acids is 3. The Morgan fingerprint density at radius 3 is 1.53 bits per heavy atom. The quantitative estimate of drug-likeness (QED) is 0.0444. The fourth-order valence-corrected chi connectivity index (χ4v) is 5.87. The monoisotopic (exact) mass is 832 g/mol. The van der Waals surface area contributed by atoms with Gasteiger partial charge >= 0.3 is 23.9 Å². The van der Waals surface area contributed by atoms with E-state index in [1.165, 1.54) is 20.8 Å². The van der Waals surface area contributed by atoms with Gasteiger partial charge in [0.05, 0.1) is 68.3 Å². The van der Waals surface area contributed by atoms with E-state index in [4.69, 9.17) is 18.9 Å². The normalized spacial score (nSPS) is 16.2. The van der Waals surface area contributed by atoms with E-state index in [2.05, 4.69) is 11.1 Å². The highest BCUT2D eigenvalue weighted by atomic mass is 16.6. The molecule has 0 aromatic rings. The van der Waals surface area contributed by atoms with Crippen molar-refractivity contribution >= 4 is 47.7 Å². The van der Waals surface area contributed by atoms with Gasteiger partial charge in [-0.3, -0.25) is 24.0 Å². The first kappa shape index (κ1) is 53.6. The first-order chi connectivity index (χ1) is 26.4. The molecule has 19 heteroatoms. The number of nitrogens with one attached hydrogen (secondary N) is 1. The summed E-state index contributed by atoms with van der Waals surface area (Å²) in [5.41, 5.74) is -1.65. The molecular weight excluding hydrogens is 764 g/mol. The minimum Gasteiger partial charge on any atom is -0.550 e. The van der Waals surface area contributed by atoms with E-state index in [1.807, 2.05) is 0 Å². The van der Waals surface area contributed by atoms with Crippen LogP contribution in [0.3, 0.4) is 0 Å². The molecule has 19 nitrogen and oxygen atoms in total. The number of nitrogens with zero attached hydrogens (tertiary/aromatic N) is 2. The lowest BCUT2D eigenvalue weighted by atomic mass is 9.65. The maximum atomic E-state index is 13.4. The van der Waals surface area contributed by atoms with Crippen molar-refractivity contribution in [1.29, 1.82) is 0 Å². The fourth-order valence-electron chi connectivity index (χ4n) is 5.87. The molecule has 334 valence electrons. The number of carbonyl (C=O) groups is 8. The average Bonchev–Trinajstić information content (AvgIpc) is 3.12. The molecular formula is C39H68N4O15. The molecule has 0 saturated carbocycles. The first-order valence-electron chi connectivity index (χ1n) is 19.5. The highest BCUT2D eigenvalue weighted by molar-refractivity contribution is 5.89. The Hall–Kier alpha value is -4.36. The lowest BCUT2D eigenvalue weighted by molar-refractivity contribution is -0.890. The second-order valence-electron chi connectivity index (χ2n) is 17.6. The average molecular weight is 833 g/mol. The van der Waals surface area contributed by atoms with E-state index in [9.17, 15) is 53.7 Å². The lowest BCUT2D eigenvalue weighted by Crippen LogP contribution is -2.71. The number of rotatable bonds is 28. The lowest BCUT2D eigenvalue weighted by Gasteiger charge is -2.40. The second kappa shape index (κ2) is 22.1. The summed E-state index contributed by atoms with van der Waals surface area (Å²) in [6, 6.07) is -3.15. The molecule has 4 N–H and O–H groups in total. The van der Waals surface area contributed by atoms with Crippen molar-refractivity contribution in [2.75, 3.05) is 80.8 Å². The summed E-state index contributed by atoms with van der Waals surface area (Å²) in [7, 11) is 6.83.